The smallest absolute Gasteiger partial charge is 0.417 e. The first kappa shape index (κ1) is 21.4. The van der Waals surface area contributed by atoms with Crippen LogP contribution < -0.4 is 0 Å². The van der Waals surface area contributed by atoms with Crippen LogP contribution in [-0.2, 0) is 16.1 Å². The minimum Gasteiger partial charge on any atom is -0.444 e. The molecule has 0 saturated carbocycles. The Kier molecular flexibility index (Phi) is 8.47. The Labute approximate surface area is 167 Å². The van der Waals surface area contributed by atoms with E-state index in [0.717, 1.165) is 11.1 Å². The van der Waals surface area contributed by atoms with Gasteiger partial charge in [0.15, 0.2) is 0 Å². The molecule has 2 aromatic rings. The molecule has 1 fully saturated rings. The van der Waals surface area contributed by atoms with Crippen LogP contribution >= 0.6 is 0 Å². The molecule has 0 spiro atoms. The fraction of sp³-hybridized carbons (Fsp3) is 0.333. The number of amides is 2. The lowest BCUT2D eigenvalue weighted by Crippen LogP contribution is -2.38. The Bertz CT molecular complexity index is 771. The Morgan fingerprint density at radius 2 is 1.68 bits per heavy atom. The maximum atomic E-state index is 12.6. The number of rotatable bonds is 5. The molecule has 4 nitrogen and oxygen atoms in total. The summed E-state index contributed by atoms with van der Waals surface area (Å²) >= 11 is 0. The molecule has 1 aliphatic heterocycles. The van der Waals surface area contributed by atoms with Crippen LogP contribution in [0.2, 0.25) is 0 Å². The summed E-state index contributed by atoms with van der Waals surface area (Å²) in [4.78, 5) is 26.2. The zero-order valence-corrected chi connectivity index (χ0v) is 16.9. The van der Waals surface area contributed by atoms with Crippen molar-refractivity contribution in [2.24, 2.45) is 5.92 Å². The summed E-state index contributed by atoms with van der Waals surface area (Å²) in [6, 6.07) is 19.3. The van der Waals surface area contributed by atoms with E-state index >= 15 is 0 Å². The first-order valence-corrected chi connectivity index (χ1v) is 9.90. The van der Waals surface area contributed by atoms with E-state index in [9.17, 15) is 9.59 Å². The number of carbonyl (C=O) groups is 2. The number of allylic oxidation sites excluding steroid dienone is 1. The van der Waals surface area contributed by atoms with Crippen LogP contribution in [0.5, 0.6) is 0 Å². The minimum atomic E-state index is -0.555. The molecule has 0 aliphatic carbocycles. The molecular weight excluding hydrogens is 350 g/mol. The fourth-order valence-electron chi connectivity index (χ4n) is 3.22. The SMILES string of the molecule is CC.C[C@@H]1C[C@@H](C/C=C/c2ccccc2)C(=O)N1C(=O)OCc1ccccc1. The summed E-state index contributed by atoms with van der Waals surface area (Å²) in [5.41, 5.74) is 2.01. The van der Waals surface area contributed by atoms with E-state index < -0.39 is 6.09 Å². The molecule has 1 aliphatic rings. The summed E-state index contributed by atoms with van der Waals surface area (Å²) in [5, 5.41) is 0. The average molecular weight is 380 g/mol. The highest BCUT2D eigenvalue weighted by atomic mass is 16.6. The second-order valence-electron chi connectivity index (χ2n) is 6.58. The van der Waals surface area contributed by atoms with Crippen molar-refractivity contribution in [1.82, 2.24) is 4.90 Å². The van der Waals surface area contributed by atoms with Gasteiger partial charge in [-0.25, -0.2) is 9.69 Å². The highest BCUT2D eigenvalue weighted by molar-refractivity contribution is 5.95. The van der Waals surface area contributed by atoms with Gasteiger partial charge in [0.1, 0.15) is 6.61 Å². The molecule has 0 unspecified atom stereocenters. The lowest BCUT2D eigenvalue weighted by molar-refractivity contribution is -0.130. The van der Waals surface area contributed by atoms with Crippen molar-refractivity contribution in [2.45, 2.75) is 46.3 Å². The number of hydrogen-bond acceptors (Lipinski definition) is 3. The van der Waals surface area contributed by atoms with E-state index in [1.54, 1.807) is 0 Å². The molecule has 148 valence electrons. The summed E-state index contributed by atoms with van der Waals surface area (Å²) in [5.74, 6) is -0.317. The van der Waals surface area contributed by atoms with Crippen molar-refractivity contribution in [1.29, 1.82) is 0 Å². The standard InChI is InChI=1S/C22H23NO3.C2H6/c1-17-15-20(14-8-13-18-9-4-2-5-10-18)21(24)23(17)22(25)26-16-19-11-6-3-7-12-19;1-2/h2-13,17,20H,14-16H2,1H3;1-2H3/b13-8+;/t17-,20-;/m1./s1. The van der Waals surface area contributed by atoms with Gasteiger partial charge in [-0.05, 0) is 30.9 Å². The molecule has 4 heteroatoms. The van der Waals surface area contributed by atoms with Gasteiger partial charge in [0.05, 0.1) is 0 Å². The normalized spacial score (nSPS) is 18.7. The Hall–Kier alpha value is -2.88. The van der Waals surface area contributed by atoms with Crippen LogP contribution in [0.15, 0.2) is 66.7 Å². The molecule has 0 bridgehead atoms. The largest absolute Gasteiger partial charge is 0.444 e. The Morgan fingerprint density at radius 1 is 1.07 bits per heavy atom. The van der Waals surface area contributed by atoms with Crippen molar-refractivity contribution < 1.29 is 14.3 Å². The molecule has 3 rings (SSSR count). The van der Waals surface area contributed by atoms with Crippen molar-refractivity contribution in [3.8, 4) is 0 Å². The number of nitrogens with zero attached hydrogens (tertiary/aromatic N) is 1. The summed E-state index contributed by atoms with van der Waals surface area (Å²) < 4.78 is 5.32. The van der Waals surface area contributed by atoms with Crippen LogP contribution in [0.3, 0.4) is 0 Å². The van der Waals surface area contributed by atoms with Crippen molar-refractivity contribution in [2.75, 3.05) is 0 Å². The van der Waals surface area contributed by atoms with E-state index in [1.807, 2.05) is 93.6 Å². The number of carbonyl (C=O) groups excluding carboxylic acids is 2. The van der Waals surface area contributed by atoms with Gasteiger partial charge in [0.2, 0.25) is 5.91 Å². The maximum absolute atomic E-state index is 12.6. The van der Waals surface area contributed by atoms with Crippen LogP contribution in [-0.4, -0.2) is 22.9 Å². The minimum absolute atomic E-state index is 0.138. The monoisotopic (exact) mass is 379 g/mol. The summed E-state index contributed by atoms with van der Waals surface area (Å²) in [6.07, 6.45) is 4.75. The van der Waals surface area contributed by atoms with E-state index in [2.05, 4.69) is 0 Å². The van der Waals surface area contributed by atoms with Gasteiger partial charge < -0.3 is 4.74 Å². The van der Waals surface area contributed by atoms with Crippen LogP contribution in [0.25, 0.3) is 6.08 Å². The number of ether oxygens (including phenoxy) is 1. The zero-order chi connectivity index (χ0) is 20.4. The zero-order valence-electron chi connectivity index (χ0n) is 16.9. The van der Waals surface area contributed by atoms with Gasteiger partial charge in [-0.3, -0.25) is 4.79 Å². The van der Waals surface area contributed by atoms with Gasteiger partial charge >= 0.3 is 6.09 Å². The number of likely N-dealkylation sites (tertiary alicyclic amines) is 1. The topological polar surface area (TPSA) is 46.6 Å². The average Bonchev–Trinajstić information content (AvgIpc) is 3.02. The number of hydrogen-bond donors (Lipinski definition) is 0. The van der Waals surface area contributed by atoms with Crippen LogP contribution in [0, 0.1) is 5.92 Å². The highest BCUT2D eigenvalue weighted by Crippen LogP contribution is 2.28. The Morgan fingerprint density at radius 3 is 2.32 bits per heavy atom. The Balaban J connectivity index is 0.00000136. The van der Waals surface area contributed by atoms with Crippen molar-refractivity contribution in [3.05, 3.63) is 77.9 Å². The van der Waals surface area contributed by atoms with E-state index in [0.29, 0.717) is 12.8 Å². The number of benzene rings is 2. The van der Waals surface area contributed by atoms with Gasteiger partial charge in [-0.2, -0.15) is 0 Å². The van der Waals surface area contributed by atoms with E-state index in [1.165, 1.54) is 4.90 Å². The lowest BCUT2D eigenvalue weighted by atomic mass is 10.0. The molecule has 1 saturated heterocycles. The maximum Gasteiger partial charge on any atom is 0.417 e. The summed E-state index contributed by atoms with van der Waals surface area (Å²) in [6.45, 7) is 6.07. The second kappa shape index (κ2) is 11.1. The molecule has 2 amide bonds. The first-order valence-electron chi connectivity index (χ1n) is 9.90. The van der Waals surface area contributed by atoms with Crippen molar-refractivity contribution in [3.63, 3.8) is 0 Å². The van der Waals surface area contributed by atoms with Crippen LogP contribution in [0.1, 0.15) is 44.7 Å². The van der Waals surface area contributed by atoms with Crippen LogP contribution in [0.4, 0.5) is 4.79 Å². The highest BCUT2D eigenvalue weighted by Gasteiger charge is 2.41. The van der Waals surface area contributed by atoms with Gasteiger partial charge in [-0.15, -0.1) is 0 Å². The predicted molar refractivity (Wildman–Crippen MR) is 112 cm³/mol. The molecule has 2 atom stereocenters. The molecule has 0 N–H and O–H groups in total. The van der Waals surface area contributed by atoms with Crippen molar-refractivity contribution >= 4 is 18.1 Å². The third-order valence-electron chi connectivity index (χ3n) is 4.59. The molecule has 28 heavy (non-hydrogen) atoms. The van der Waals surface area contributed by atoms with E-state index in [4.69, 9.17) is 4.74 Å². The quantitative estimate of drug-likeness (QED) is 0.670. The molecule has 0 aromatic heterocycles. The third-order valence-corrected chi connectivity index (χ3v) is 4.59. The van der Waals surface area contributed by atoms with Gasteiger partial charge in [0, 0.05) is 12.0 Å². The number of imide groups is 1. The van der Waals surface area contributed by atoms with Gasteiger partial charge in [-0.1, -0.05) is 86.7 Å². The molecule has 1 heterocycles. The molecule has 0 radical (unpaired) electrons. The predicted octanol–water partition coefficient (Wildman–Crippen LogP) is 5.69. The summed E-state index contributed by atoms with van der Waals surface area (Å²) in [7, 11) is 0. The lowest BCUT2D eigenvalue weighted by Gasteiger charge is -2.19. The van der Waals surface area contributed by atoms with Gasteiger partial charge in [0.25, 0.3) is 0 Å². The van der Waals surface area contributed by atoms with E-state index in [-0.39, 0.29) is 24.5 Å². The first-order chi connectivity index (χ1) is 13.6. The fourth-order valence-corrected chi connectivity index (χ4v) is 3.22. The molecular formula is C24H29NO3. The third kappa shape index (κ3) is 5.81. The molecule has 2 aromatic carbocycles. The second-order valence-corrected chi connectivity index (χ2v) is 6.58.